The summed E-state index contributed by atoms with van der Waals surface area (Å²) in [7, 11) is 0. The molecule has 1 aliphatic rings. The van der Waals surface area contributed by atoms with E-state index < -0.39 is 0 Å². The Kier molecular flexibility index (Phi) is 3.47. The molecule has 1 atom stereocenters. The molecule has 2 aromatic heterocycles. The summed E-state index contributed by atoms with van der Waals surface area (Å²) in [5.41, 5.74) is 3.68. The van der Waals surface area contributed by atoms with Crippen LogP contribution in [0.2, 0.25) is 0 Å². The lowest BCUT2D eigenvalue weighted by Crippen LogP contribution is -2.25. The SMILES string of the molecule is CCn1c(CN2CCC[C@@H]2c2ccc[nH]2)nc2ccccc21. The molecule has 3 heterocycles. The van der Waals surface area contributed by atoms with E-state index in [1.165, 1.54) is 29.9 Å². The molecule has 1 fully saturated rings. The van der Waals surface area contributed by atoms with E-state index in [9.17, 15) is 0 Å². The zero-order chi connectivity index (χ0) is 14.9. The van der Waals surface area contributed by atoms with Gasteiger partial charge < -0.3 is 9.55 Å². The number of benzene rings is 1. The van der Waals surface area contributed by atoms with E-state index >= 15 is 0 Å². The number of hydrogen-bond donors (Lipinski definition) is 1. The first-order valence-corrected chi connectivity index (χ1v) is 8.18. The Bertz CT molecular complexity index is 757. The van der Waals surface area contributed by atoms with Crippen LogP contribution < -0.4 is 0 Å². The predicted molar refractivity (Wildman–Crippen MR) is 88.6 cm³/mol. The predicted octanol–water partition coefficient (Wildman–Crippen LogP) is 3.72. The van der Waals surface area contributed by atoms with Crippen LogP contribution >= 0.6 is 0 Å². The van der Waals surface area contributed by atoms with Crippen molar-refractivity contribution in [1.29, 1.82) is 0 Å². The van der Waals surface area contributed by atoms with Crippen LogP contribution in [0, 0.1) is 0 Å². The fraction of sp³-hybridized carbons (Fsp3) is 0.389. The van der Waals surface area contributed by atoms with Crippen LogP contribution in [0.4, 0.5) is 0 Å². The zero-order valence-electron chi connectivity index (χ0n) is 13.0. The standard InChI is InChI=1S/C18H22N4/c1-2-22-17-9-4-3-7-15(17)20-18(22)13-21-12-6-10-16(21)14-8-5-11-19-14/h3-5,7-9,11,16,19H,2,6,10,12-13H2,1H3/t16-/m1/s1. The maximum Gasteiger partial charge on any atom is 0.124 e. The van der Waals surface area contributed by atoms with Gasteiger partial charge in [0.2, 0.25) is 0 Å². The third-order valence-corrected chi connectivity index (χ3v) is 4.74. The highest BCUT2D eigenvalue weighted by Gasteiger charge is 2.27. The van der Waals surface area contributed by atoms with Crippen molar-refractivity contribution in [2.75, 3.05) is 6.54 Å². The Balaban J connectivity index is 1.65. The van der Waals surface area contributed by atoms with Crippen molar-refractivity contribution in [3.8, 4) is 0 Å². The fourth-order valence-corrected chi connectivity index (χ4v) is 3.70. The lowest BCUT2D eigenvalue weighted by Gasteiger charge is -2.23. The Morgan fingerprint density at radius 1 is 1.23 bits per heavy atom. The van der Waals surface area contributed by atoms with Gasteiger partial charge in [-0.15, -0.1) is 0 Å². The van der Waals surface area contributed by atoms with Crippen LogP contribution in [0.5, 0.6) is 0 Å². The molecule has 0 amide bonds. The Morgan fingerprint density at radius 2 is 2.14 bits per heavy atom. The summed E-state index contributed by atoms with van der Waals surface area (Å²) in [6.45, 7) is 5.24. The topological polar surface area (TPSA) is 36.9 Å². The minimum Gasteiger partial charge on any atom is -0.364 e. The van der Waals surface area contributed by atoms with Crippen molar-refractivity contribution in [2.45, 2.75) is 38.9 Å². The van der Waals surface area contributed by atoms with Gasteiger partial charge in [0.05, 0.1) is 23.6 Å². The van der Waals surface area contributed by atoms with Gasteiger partial charge in [-0.3, -0.25) is 4.90 Å². The molecular weight excluding hydrogens is 272 g/mol. The van der Waals surface area contributed by atoms with Gasteiger partial charge in [0.25, 0.3) is 0 Å². The van der Waals surface area contributed by atoms with E-state index in [1.807, 2.05) is 6.20 Å². The summed E-state index contributed by atoms with van der Waals surface area (Å²) in [5, 5.41) is 0. The Hall–Kier alpha value is -2.07. The molecule has 4 nitrogen and oxygen atoms in total. The largest absolute Gasteiger partial charge is 0.364 e. The number of aromatic nitrogens is 3. The maximum absolute atomic E-state index is 4.87. The number of H-pyrrole nitrogens is 1. The first kappa shape index (κ1) is 13.6. The molecule has 0 saturated carbocycles. The number of fused-ring (bicyclic) bond motifs is 1. The second kappa shape index (κ2) is 5.61. The van der Waals surface area contributed by atoms with Crippen molar-refractivity contribution in [2.24, 2.45) is 0 Å². The van der Waals surface area contributed by atoms with Gasteiger partial charge in [0, 0.05) is 18.4 Å². The normalized spacial score (nSPS) is 19.2. The van der Waals surface area contributed by atoms with Crippen molar-refractivity contribution in [3.63, 3.8) is 0 Å². The van der Waals surface area contributed by atoms with Crippen molar-refractivity contribution in [1.82, 2.24) is 19.4 Å². The van der Waals surface area contributed by atoms with Crippen molar-refractivity contribution in [3.05, 3.63) is 54.1 Å². The van der Waals surface area contributed by atoms with Crippen molar-refractivity contribution < 1.29 is 0 Å². The zero-order valence-corrected chi connectivity index (χ0v) is 13.0. The molecule has 0 aliphatic carbocycles. The minimum atomic E-state index is 0.500. The molecule has 0 radical (unpaired) electrons. The number of para-hydroxylation sites is 2. The third-order valence-electron chi connectivity index (χ3n) is 4.74. The molecule has 1 aliphatic heterocycles. The second-order valence-electron chi connectivity index (χ2n) is 6.01. The molecule has 22 heavy (non-hydrogen) atoms. The Labute approximate surface area is 130 Å². The van der Waals surface area contributed by atoms with Crippen LogP contribution in [0.1, 0.15) is 37.3 Å². The number of nitrogens with one attached hydrogen (secondary N) is 1. The van der Waals surface area contributed by atoms with Gasteiger partial charge in [-0.2, -0.15) is 0 Å². The highest BCUT2D eigenvalue weighted by atomic mass is 15.2. The highest BCUT2D eigenvalue weighted by molar-refractivity contribution is 5.75. The minimum absolute atomic E-state index is 0.500. The third kappa shape index (κ3) is 2.24. The number of aromatic amines is 1. The van der Waals surface area contributed by atoms with Gasteiger partial charge >= 0.3 is 0 Å². The van der Waals surface area contributed by atoms with E-state index in [4.69, 9.17) is 4.98 Å². The lowest BCUT2D eigenvalue weighted by atomic mass is 10.1. The molecule has 3 aromatic rings. The van der Waals surface area contributed by atoms with Gasteiger partial charge in [-0.25, -0.2) is 4.98 Å². The molecule has 114 valence electrons. The second-order valence-corrected chi connectivity index (χ2v) is 6.01. The maximum atomic E-state index is 4.87. The van der Waals surface area contributed by atoms with E-state index in [0.29, 0.717) is 6.04 Å². The quantitative estimate of drug-likeness (QED) is 0.796. The van der Waals surface area contributed by atoms with Crippen LogP contribution in [-0.2, 0) is 13.1 Å². The van der Waals surface area contributed by atoms with Gasteiger partial charge in [0.1, 0.15) is 5.82 Å². The monoisotopic (exact) mass is 294 g/mol. The fourth-order valence-electron chi connectivity index (χ4n) is 3.70. The number of likely N-dealkylation sites (tertiary alicyclic amines) is 1. The van der Waals surface area contributed by atoms with E-state index in [-0.39, 0.29) is 0 Å². The first-order valence-electron chi connectivity index (χ1n) is 8.18. The number of imidazole rings is 1. The summed E-state index contributed by atoms with van der Waals surface area (Å²) in [5.74, 6) is 1.18. The number of nitrogens with zero attached hydrogens (tertiary/aromatic N) is 3. The summed E-state index contributed by atoms with van der Waals surface area (Å²) in [4.78, 5) is 10.8. The molecule has 1 N–H and O–H groups in total. The van der Waals surface area contributed by atoms with Gasteiger partial charge in [-0.1, -0.05) is 12.1 Å². The average Bonchev–Trinajstić information content (AvgIpc) is 3.26. The smallest absolute Gasteiger partial charge is 0.124 e. The summed E-state index contributed by atoms with van der Waals surface area (Å²) < 4.78 is 2.35. The molecule has 0 unspecified atom stereocenters. The summed E-state index contributed by atoms with van der Waals surface area (Å²) in [6, 6.07) is 13.2. The number of rotatable bonds is 4. The van der Waals surface area contributed by atoms with E-state index in [0.717, 1.165) is 25.2 Å². The number of hydrogen-bond acceptors (Lipinski definition) is 2. The van der Waals surface area contributed by atoms with Gasteiger partial charge in [0.15, 0.2) is 0 Å². The lowest BCUT2D eigenvalue weighted by molar-refractivity contribution is 0.236. The van der Waals surface area contributed by atoms with E-state index in [1.54, 1.807) is 0 Å². The summed E-state index contributed by atoms with van der Waals surface area (Å²) in [6.07, 6.45) is 4.51. The first-order chi connectivity index (χ1) is 10.9. The van der Waals surface area contributed by atoms with Crippen LogP contribution in [0.25, 0.3) is 11.0 Å². The average molecular weight is 294 g/mol. The molecule has 4 rings (SSSR count). The van der Waals surface area contributed by atoms with Crippen LogP contribution in [-0.4, -0.2) is 26.0 Å². The molecule has 0 bridgehead atoms. The Morgan fingerprint density at radius 3 is 2.95 bits per heavy atom. The molecule has 1 aromatic carbocycles. The number of aryl methyl sites for hydroxylation is 1. The highest BCUT2D eigenvalue weighted by Crippen LogP contribution is 2.32. The van der Waals surface area contributed by atoms with Crippen LogP contribution in [0.3, 0.4) is 0 Å². The van der Waals surface area contributed by atoms with E-state index in [2.05, 4.69) is 57.8 Å². The van der Waals surface area contributed by atoms with Crippen molar-refractivity contribution >= 4 is 11.0 Å². The molecule has 4 heteroatoms. The molecule has 0 spiro atoms. The summed E-state index contributed by atoms with van der Waals surface area (Å²) >= 11 is 0. The van der Waals surface area contributed by atoms with Gasteiger partial charge in [-0.05, 0) is 50.6 Å². The molecule has 1 saturated heterocycles. The molecular formula is C18H22N4. The van der Waals surface area contributed by atoms with Crippen LogP contribution in [0.15, 0.2) is 42.6 Å².